The Morgan fingerprint density at radius 1 is 1.26 bits per heavy atom. The number of hydrogen-bond donors (Lipinski definition) is 2. The Balaban J connectivity index is 2.30. The van der Waals surface area contributed by atoms with Crippen LogP contribution in [0.3, 0.4) is 0 Å². The molecule has 3 N–H and O–H groups in total. The predicted octanol–water partition coefficient (Wildman–Crippen LogP) is 3.57. The molecule has 0 amide bonds. The summed E-state index contributed by atoms with van der Waals surface area (Å²) in [4.78, 5) is 4.41. The lowest BCUT2D eigenvalue weighted by Crippen LogP contribution is -2.29. The molecule has 0 aliphatic rings. The highest BCUT2D eigenvalue weighted by molar-refractivity contribution is 5.82. The van der Waals surface area contributed by atoms with Crippen molar-refractivity contribution < 1.29 is 0 Å². The summed E-state index contributed by atoms with van der Waals surface area (Å²) in [5, 5.41) is 1.19. The third kappa shape index (κ3) is 3.31. The summed E-state index contributed by atoms with van der Waals surface area (Å²) in [5.74, 6) is 6.43. The quantitative estimate of drug-likeness (QED) is 0.614. The maximum Gasteiger partial charge on any atom is 0.0705 e. The van der Waals surface area contributed by atoms with Gasteiger partial charge in [0.2, 0.25) is 0 Å². The van der Waals surface area contributed by atoms with Gasteiger partial charge < -0.3 is 0 Å². The summed E-state index contributed by atoms with van der Waals surface area (Å²) < 4.78 is 0. The standard InChI is InChI=1S/C16H23N3/c1-3-6-12(2)11-16(19-17)14-7-4-9-15-13(14)8-5-10-18-15/h4-5,7-10,12,16,19H,3,6,11,17H2,1-2H3. The minimum absolute atomic E-state index is 0.189. The van der Waals surface area contributed by atoms with E-state index in [1.54, 1.807) is 0 Å². The third-order valence-corrected chi connectivity index (χ3v) is 3.68. The van der Waals surface area contributed by atoms with E-state index < -0.39 is 0 Å². The van der Waals surface area contributed by atoms with Crippen LogP contribution in [0.4, 0.5) is 0 Å². The minimum atomic E-state index is 0.189. The molecule has 0 aliphatic heterocycles. The molecule has 19 heavy (non-hydrogen) atoms. The van der Waals surface area contributed by atoms with Crippen molar-refractivity contribution in [2.24, 2.45) is 11.8 Å². The lowest BCUT2D eigenvalue weighted by molar-refractivity contribution is 0.396. The van der Waals surface area contributed by atoms with Crippen molar-refractivity contribution in [1.29, 1.82) is 0 Å². The highest BCUT2D eigenvalue weighted by Gasteiger charge is 2.16. The zero-order valence-corrected chi connectivity index (χ0v) is 11.8. The van der Waals surface area contributed by atoms with Gasteiger partial charge in [-0.2, -0.15) is 0 Å². The molecule has 0 fully saturated rings. The van der Waals surface area contributed by atoms with Crippen molar-refractivity contribution in [2.75, 3.05) is 0 Å². The molecule has 0 spiro atoms. The van der Waals surface area contributed by atoms with Gasteiger partial charge in [-0.3, -0.25) is 16.3 Å². The minimum Gasteiger partial charge on any atom is -0.271 e. The fraction of sp³-hybridized carbons (Fsp3) is 0.438. The fourth-order valence-corrected chi connectivity index (χ4v) is 2.73. The Labute approximate surface area is 115 Å². The van der Waals surface area contributed by atoms with E-state index >= 15 is 0 Å². The van der Waals surface area contributed by atoms with E-state index in [4.69, 9.17) is 5.84 Å². The van der Waals surface area contributed by atoms with Crippen LogP contribution in [-0.2, 0) is 0 Å². The largest absolute Gasteiger partial charge is 0.271 e. The van der Waals surface area contributed by atoms with Gasteiger partial charge in [-0.05, 0) is 30.0 Å². The third-order valence-electron chi connectivity index (χ3n) is 3.68. The Kier molecular flexibility index (Phi) is 4.88. The number of pyridine rings is 1. The van der Waals surface area contributed by atoms with Gasteiger partial charge >= 0.3 is 0 Å². The molecule has 102 valence electrons. The lowest BCUT2D eigenvalue weighted by Gasteiger charge is -2.21. The Bertz CT molecular complexity index is 519. The first-order valence-electron chi connectivity index (χ1n) is 7.06. The van der Waals surface area contributed by atoms with Crippen LogP contribution in [0.15, 0.2) is 36.5 Å². The van der Waals surface area contributed by atoms with Crippen LogP contribution < -0.4 is 11.3 Å². The lowest BCUT2D eigenvalue weighted by atomic mass is 9.91. The van der Waals surface area contributed by atoms with Crippen molar-refractivity contribution >= 4 is 10.9 Å². The molecule has 0 aliphatic carbocycles. The Morgan fingerprint density at radius 3 is 2.84 bits per heavy atom. The number of nitrogens with two attached hydrogens (primary N) is 1. The van der Waals surface area contributed by atoms with Crippen LogP contribution in [0.25, 0.3) is 10.9 Å². The van der Waals surface area contributed by atoms with Gasteiger partial charge in [-0.25, -0.2) is 0 Å². The van der Waals surface area contributed by atoms with Crippen molar-refractivity contribution in [1.82, 2.24) is 10.4 Å². The Hall–Kier alpha value is -1.45. The SMILES string of the molecule is CCCC(C)CC(NN)c1cccc2ncccc12. The zero-order chi connectivity index (χ0) is 13.7. The van der Waals surface area contributed by atoms with Gasteiger partial charge in [0.05, 0.1) is 5.52 Å². The molecule has 1 aromatic carbocycles. The van der Waals surface area contributed by atoms with E-state index in [2.05, 4.69) is 42.5 Å². The van der Waals surface area contributed by atoms with Crippen LogP contribution >= 0.6 is 0 Å². The van der Waals surface area contributed by atoms with Crippen molar-refractivity contribution in [3.05, 3.63) is 42.1 Å². The normalized spacial score (nSPS) is 14.5. The number of nitrogens with zero attached hydrogens (tertiary/aromatic N) is 1. The number of fused-ring (bicyclic) bond motifs is 1. The monoisotopic (exact) mass is 257 g/mol. The highest BCUT2D eigenvalue weighted by Crippen LogP contribution is 2.28. The summed E-state index contributed by atoms with van der Waals surface area (Å²) in [6.45, 7) is 4.51. The number of benzene rings is 1. The number of aromatic nitrogens is 1. The van der Waals surface area contributed by atoms with E-state index in [0.717, 1.165) is 11.9 Å². The second kappa shape index (κ2) is 6.64. The average Bonchev–Trinajstić information content (AvgIpc) is 2.44. The molecule has 0 bridgehead atoms. The molecule has 2 unspecified atom stereocenters. The van der Waals surface area contributed by atoms with Crippen LogP contribution in [0.2, 0.25) is 0 Å². The van der Waals surface area contributed by atoms with Gasteiger partial charge in [0.1, 0.15) is 0 Å². The molecule has 2 atom stereocenters. The van der Waals surface area contributed by atoms with Crippen LogP contribution in [0.5, 0.6) is 0 Å². The maximum absolute atomic E-state index is 5.77. The fourth-order valence-electron chi connectivity index (χ4n) is 2.73. The first kappa shape index (κ1) is 14.0. The molecule has 1 aromatic heterocycles. The molecular weight excluding hydrogens is 234 g/mol. The Morgan fingerprint density at radius 2 is 2.11 bits per heavy atom. The van der Waals surface area contributed by atoms with E-state index in [1.165, 1.54) is 23.8 Å². The molecular formula is C16H23N3. The molecule has 0 saturated heterocycles. The molecule has 2 aromatic rings. The maximum atomic E-state index is 5.77. The summed E-state index contributed by atoms with van der Waals surface area (Å²) >= 11 is 0. The second-order valence-corrected chi connectivity index (χ2v) is 5.27. The van der Waals surface area contributed by atoms with E-state index in [0.29, 0.717) is 5.92 Å². The van der Waals surface area contributed by atoms with Gasteiger partial charge in [-0.1, -0.05) is 44.9 Å². The molecule has 2 rings (SSSR count). The zero-order valence-electron chi connectivity index (χ0n) is 11.8. The summed E-state index contributed by atoms with van der Waals surface area (Å²) in [6.07, 6.45) is 5.34. The highest BCUT2D eigenvalue weighted by atomic mass is 15.2. The van der Waals surface area contributed by atoms with Crippen LogP contribution in [-0.4, -0.2) is 4.98 Å². The first-order valence-corrected chi connectivity index (χ1v) is 7.06. The smallest absolute Gasteiger partial charge is 0.0705 e. The van der Waals surface area contributed by atoms with Crippen molar-refractivity contribution in [2.45, 2.75) is 39.2 Å². The average molecular weight is 257 g/mol. The molecule has 0 radical (unpaired) electrons. The van der Waals surface area contributed by atoms with E-state index in [9.17, 15) is 0 Å². The van der Waals surface area contributed by atoms with Gasteiger partial charge in [-0.15, -0.1) is 0 Å². The first-order chi connectivity index (χ1) is 9.26. The van der Waals surface area contributed by atoms with E-state index in [-0.39, 0.29) is 6.04 Å². The predicted molar refractivity (Wildman–Crippen MR) is 80.5 cm³/mol. The number of hydrazine groups is 1. The number of nitrogens with one attached hydrogen (secondary N) is 1. The molecule has 3 nitrogen and oxygen atoms in total. The molecule has 0 saturated carbocycles. The number of rotatable bonds is 6. The van der Waals surface area contributed by atoms with Crippen LogP contribution in [0, 0.1) is 5.92 Å². The molecule has 1 heterocycles. The summed E-state index contributed by atoms with van der Waals surface area (Å²) in [7, 11) is 0. The topological polar surface area (TPSA) is 50.9 Å². The second-order valence-electron chi connectivity index (χ2n) is 5.27. The van der Waals surface area contributed by atoms with Gasteiger partial charge in [0, 0.05) is 17.6 Å². The molecule has 3 heteroatoms. The number of hydrogen-bond acceptors (Lipinski definition) is 3. The van der Waals surface area contributed by atoms with Crippen molar-refractivity contribution in [3.8, 4) is 0 Å². The van der Waals surface area contributed by atoms with Crippen LogP contribution in [0.1, 0.15) is 44.7 Å². The van der Waals surface area contributed by atoms with Gasteiger partial charge in [0.15, 0.2) is 0 Å². The van der Waals surface area contributed by atoms with E-state index in [1.807, 2.05) is 18.3 Å². The summed E-state index contributed by atoms with van der Waals surface area (Å²) in [5.41, 5.74) is 5.25. The van der Waals surface area contributed by atoms with Gasteiger partial charge in [0.25, 0.3) is 0 Å². The van der Waals surface area contributed by atoms with Crippen molar-refractivity contribution in [3.63, 3.8) is 0 Å². The summed E-state index contributed by atoms with van der Waals surface area (Å²) in [6, 6.07) is 10.5.